The van der Waals surface area contributed by atoms with Crippen molar-refractivity contribution in [3.63, 3.8) is 0 Å². The molecular weight excluding hydrogens is 464 g/mol. The second-order valence-corrected chi connectivity index (χ2v) is 8.48. The van der Waals surface area contributed by atoms with Gasteiger partial charge in [-0.1, -0.05) is 12.1 Å². The molecule has 0 bridgehead atoms. The first kappa shape index (κ1) is 27.0. The molecule has 1 saturated heterocycles. The minimum atomic E-state index is -0.735. The molecule has 2 aromatic rings. The molecule has 3 rings (SSSR count). The summed E-state index contributed by atoms with van der Waals surface area (Å²) in [5, 5.41) is 2.77. The van der Waals surface area contributed by atoms with Crippen molar-refractivity contribution in [2.45, 2.75) is 25.0 Å². The highest BCUT2D eigenvalue weighted by Gasteiger charge is 2.43. The van der Waals surface area contributed by atoms with Gasteiger partial charge in [-0.25, -0.2) is 0 Å². The largest absolute Gasteiger partial charge is 0.497 e. The summed E-state index contributed by atoms with van der Waals surface area (Å²) in [6.07, 6.45) is 0.289. The van der Waals surface area contributed by atoms with E-state index in [1.807, 2.05) is 24.3 Å². The molecule has 10 nitrogen and oxygen atoms in total. The third-order valence-corrected chi connectivity index (χ3v) is 6.14. The van der Waals surface area contributed by atoms with Crippen molar-refractivity contribution in [1.29, 1.82) is 0 Å². The summed E-state index contributed by atoms with van der Waals surface area (Å²) in [7, 11) is 4.57. The zero-order valence-electron chi connectivity index (χ0n) is 20.9. The van der Waals surface area contributed by atoms with Gasteiger partial charge in [0.25, 0.3) is 5.91 Å². The minimum absolute atomic E-state index is 0.157. The topological polar surface area (TPSA) is 123 Å². The molecule has 3 amide bonds. The van der Waals surface area contributed by atoms with Crippen LogP contribution in [0.4, 0.5) is 0 Å². The van der Waals surface area contributed by atoms with Crippen molar-refractivity contribution < 1.29 is 28.6 Å². The van der Waals surface area contributed by atoms with Crippen LogP contribution in [0, 0.1) is 0 Å². The Morgan fingerprint density at radius 1 is 1.06 bits per heavy atom. The number of hydrogen-bond donors (Lipinski definition) is 2. The van der Waals surface area contributed by atoms with Gasteiger partial charge in [0.2, 0.25) is 11.8 Å². The highest BCUT2D eigenvalue weighted by atomic mass is 16.5. The molecule has 2 unspecified atom stereocenters. The summed E-state index contributed by atoms with van der Waals surface area (Å²) in [5.74, 6) is 0.482. The number of nitrogens with two attached hydrogens (primary N) is 1. The maximum Gasteiger partial charge on any atom is 0.254 e. The maximum atomic E-state index is 13.7. The smallest absolute Gasteiger partial charge is 0.254 e. The fraction of sp³-hybridized carbons (Fsp3) is 0.423. The molecule has 10 heteroatoms. The lowest BCUT2D eigenvalue weighted by Crippen LogP contribution is -2.48. The van der Waals surface area contributed by atoms with E-state index in [0.29, 0.717) is 23.6 Å². The van der Waals surface area contributed by atoms with Gasteiger partial charge < -0.3 is 35.1 Å². The van der Waals surface area contributed by atoms with E-state index in [1.165, 1.54) is 12.0 Å². The lowest BCUT2D eigenvalue weighted by Gasteiger charge is -2.29. The van der Waals surface area contributed by atoms with Crippen LogP contribution in [0.2, 0.25) is 0 Å². The Bertz CT molecular complexity index is 1040. The Morgan fingerprint density at radius 2 is 1.78 bits per heavy atom. The number of methoxy groups -OCH3 is 3. The molecule has 1 heterocycles. The molecule has 2 aromatic carbocycles. The van der Waals surface area contributed by atoms with Gasteiger partial charge in [0.1, 0.15) is 24.1 Å². The summed E-state index contributed by atoms with van der Waals surface area (Å²) in [5.41, 5.74) is 6.88. The summed E-state index contributed by atoms with van der Waals surface area (Å²) in [6, 6.07) is 13.2. The second kappa shape index (κ2) is 12.9. The molecule has 0 aliphatic carbocycles. The number of ether oxygens (including phenoxy) is 3. The van der Waals surface area contributed by atoms with Gasteiger partial charge in [-0.15, -0.1) is 0 Å². The Balaban J connectivity index is 1.94. The molecule has 1 aliphatic rings. The molecule has 1 aliphatic heterocycles. The fourth-order valence-electron chi connectivity index (χ4n) is 4.32. The standard InChI is InChI=1S/C26H34N4O6/c1-34-17-24(31)30-16-20(14-23(30)25(32)28-12-11-27)29(15-18-5-4-6-22(13-18)36-3)26(33)19-7-9-21(35-2)10-8-19/h4-10,13,20,23H,11-12,14-17,27H2,1-3H3,(H,28,32). The molecule has 3 N–H and O–H groups in total. The average molecular weight is 499 g/mol. The highest BCUT2D eigenvalue weighted by Crippen LogP contribution is 2.27. The summed E-state index contributed by atoms with van der Waals surface area (Å²) >= 11 is 0. The maximum absolute atomic E-state index is 13.7. The number of likely N-dealkylation sites (tertiary alicyclic amines) is 1. The van der Waals surface area contributed by atoms with Crippen LogP contribution < -0.4 is 20.5 Å². The zero-order chi connectivity index (χ0) is 26.1. The van der Waals surface area contributed by atoms with Crippen LogP contribution >= 0.6 is 0 Å². The number of benzene rings is 2. The molecule has 1 fully saturated rings. The fourth-order valence-corrected chi connectivity index (χ4v) is 4.32. The number of hydrogen-bond acceptors (Lipinski definition) is 7. The Labute approximate surface area is 211 Å². The number of amides is 3. The van der Waals surface area contributed by atoms with Crippen molar-refractivity contribution in [3.8, 4) is 11.5 Å². The normalized spacial score (nSPS) is 16.9. The molecule has 0 saturated carbocycles. The second-order valence-electron chi connectivity index (χ2n) is 8.48. The first-order valence-electron chi connectivity index (χ1n) is 11.8. The molecule has 0 aromatic heterocycles. The molecule has 0 spiro atoms. The summed E-state index contributed by atoms with van der Waals surface area (Å²) in [6.45, 7) is 0.900. The Kier molecular flexibility index (Phi) is 9.66. The number of nitrogens with one attached hydrogen (secondary N) is 1. The molecule has 36 heavy (non-hydrogen) atoms. The molecular formula is C26H34N4O6. The van der Waals surface area contributed by atoms with Gasteiger partial charge >= 0.3 is 0 Å². The first-order valence-corrected chi connectivity index (χ1v) is 11.8. The van der Waals surface area contributed by atoms with Gasteiger partial charge in [-0.3, -0.25) is 14.4 Å². The highest BCUT2D eigenvalue weighted by molar-refractivity contribution is 5.95. The van der Waals surface area contributed by atoms with Gasteiger partial charge in [-0.05, 0) is 48.4 Å². The van der Waals surface area contributed by atoms with E-state index < -0.39 is 12.1 Å². The van der Waals surface area contributed by atoms with Gasteiger partial charge in [0.05, 0.1) is 20.3 Å². The molecule has 0 radical (unpaired) electrons. The number of rotatable bonds is 11. The van der Waals surface area contributed by atoms with Crippen molar-refractivity contribution >= 4 is 17.7 Å². The zero-order valence-corrected chi connectivity index (χ0v) is 20.9. The Morgan fingerprint density at radius 3 is 2.42 bits per heavy atom. The van der Waals surface area contributed by atoms with E-state index >= 15 is 0 Å². The quantitative estimate of drug-likeness (QED) is 0.474. The van der Waals surface area contributed by atoms with E-state index in [2.05, 4.69) is 5.32 Å². The third-order valence-electron chi connectivity index (χ3n) is 6.14. The molecule has 2 atom stereocenters. The van der Waals surface area contributed by atoms with Gasteiger partial charge in [0, 0.05) is 38.9 Å². The lowest BCUT2D eigenvalue weighted by molar-refractivity contribution is -0.141. The van der Waals surface area contributed by atoms with Crippen molar-refractivity contribution in [3.05, 3.63) is 59.7 Å². The van der Waals surface area contributed by atoms with Crippen LogP contribution in [0.15, 0.2) is 48.5 Å². The van der Waals surface area contributed by atoms with Crippen LogP contribution in [0.1, 0.15) is 22.3 Å². The van der Waals surface area contributed by atoms with Gasteiger partial charge in [-0.2, -0.15) is 0 Å². The average Bonchev–Trinajstić information content (AvgIpc) is 3.36. The molecule has 194 valence electrons. The lowest BCUT2D eigenvalue weighted by atomic mass is 10.1. The van der Waals surface area contributed by atoms with Crippen LogP contribution in [0.25, 0.3) is 0 Å². The van der Waals surface area contributed by atoms with Crippen molar-refractivity contribution in [2.24, 2.45) is 5.73 Å². The number of carbonyl (C=O) groups excluding carboxylic acids is 3. The van der Waals surface area contributed by atoms with Crippen LogP contribution in [-0.4, -0.2) is 87.2 Å². The van der Waals surface area contributed by atoms with Gasteiger partial charge in [0.15, 0.2) is 0 Å². The van der Waals surface area contributed by atoms with Crippen LogP contribution in [0.3, 0.4) is 0 Å². The number of carbonyl (C=O) groups is 3. The van der Waals surface area contributed by atoms with Crippen molar-refractivity contribution in [2.75, 3.05) is 47.6 Å². The minimum Gasteiger partial charge on any atom is -0.497 e. The predicted molar refractivity (Wildman–Crippen MR) is 134 cm³/mol. The van der Waals surface area contributed by atoms with E-state index in [1.54, 1.807) is 43.4 Å². The van der Waals surface area contributed by atoms with E-state index in [9.17, 15) is 14.4 Å². The van der Waals surface area contributed by atoms with Crippen LogP contribution in [-0.2, 0) is 20.9 Å². The van der Waals surface area contributed by atoms with Crippen LogP contribution in [0.5, 0.6) is 11.5 Å². The van der Waals surface area contributed by atoms with E-state index in [0.717, 1.165) is 5.56 Å². The summed E-state index contributed by atoms with van der Waals surface area (Å²) in [4.78, 5) is 42.7. The van der Waals surface area contributed by atoms with E-state index in [4.69, 9.17) is 19.9 Å². The van der Waals surface area contributed by atoms with E-state index in [-0.39, 0.29) is 50.4 Å². The SMILES string of the molecule is COCC(=O)N1CC(N(Cc2cccc(OC)c2)C(=O)c2ccc(OC)cc2)CC1C(=O)NCCN. The summed E-state index contributed by atoms with van der Waals surface area (Å²) < 4.78 is 15.6. The number of nitrogens with zero attached hydrogens (tertiary/aromatic N) is 2. The predicted octanol–water partition coefficient (Wildman–Crippen LogP) is 1.04. The first-order chi connectivity index (χ1) is 17.4. The van der Waals surface area contributed by atoms with Crippen molar-refractivity contribution in [1.82, 2.24) is 15.1 Å². The monoisotopic (exact) mass is 498 g/mol. The Hall–Kier alpha value is -3.63. The third kappa shape index (κ3) is 6.52.